The van der Waals surface area contributed by atoms with E-state index in [0.717, 1.165) is 16.7 Å². The molecule has 0 bridgehead atoms. The number of carboxylic acids is 1. The van der Waals surface area contributed by atoms with Gasteiger partial charge in [0.05, 0.1) is 12.8 Å². The van der Waals surface area contributed by atoms with Crippen LogP contribution in [0.4, 0.5) is 16.3 Å². The van der Waals surface area contributed by atoms with Gasteiger partial charge >= 0.3 is 18.0 Å². The van der Waals surface area contributed by atoms with Crippen molar-refractivity contribution in [2.45, 2.75) is 52.7 Å². The standard InChI is InChI=1S/C21H28N4O6/c1-13(2)12-15(18(26)27)25-17(16(22-23-25)19(28)30-6)24(14-10-8-7-9-11-14)20(29)31-21(3,4)5/h7-11,13,15H,12H2,1-6H3,(H,26,27)/t15-/m0/s1. The number of carbonyl (C=O) groups is 3. The van der Waals surface area contributed by atoms with E-state index in [9.17, 15) is 19.5 Å². The van der Waals surface area contributed by atoms with Gasteiger partial charge in [-0.3, -0.25) is 0 Å². The number of para-hydroxylation sites is 1. The summed E-state index contributed by atoms with van der Waals surface area (Å²) in [6.07, 6.45) is -0.621. The number of hydrogen-bond donors (Lipinski definition) is 1. The number of carbonyl (C=O) groups excluding carboxylic acids is 2. The van der Waals surface area contributed by atoms with Crippen molar-refractivity contribution < 1.29 is 29.0 Å². The first-order chi connectivity index (χ1) is 14.5. The first kappa shape index (κ1) is 23.8. The third-order valence-corrected chi connectivity index (χ3v) is 4.13. The largest absolute Gasteiger partial charge is 0.480 e. The van der Waals surface area contributed by atoms with E-state index in [1.807, 2.05) is 13.8 Å². The minimum Gasteiger partial charge on any atom is -0.480 e. The van der Waals surface area contributed by atoms with Crippen LogP contribution in [-0.4, -0.2) is 50.8 Å². The van der Waals surface area contributed by atoms with Crippen molar-refractivity contribution in [1.82, 2.24) is 15.0 Å². The van der Waals surface area contributed by atoms with Crippen LogP contribution in [0.3, 0.4) is 0 Å². The number of hydrogen-bond acceptors (Lipinski definition) is 7. The number of benzene rings is 1. The molecule has 1 atom stereocenters. The van der Waals surface area contributed by atoms with Crippen molar-refractivity contribution >= 4 is 29.5 Å². The van der Waals surface area contributed by atoms with Crippen molar-refractivity contribution in [3.05, 3.63) is 36.0 Å². The first-order valence-electron chi connectivity index (χ1n) is 9.80. The Balaban J connectivity index is 2.78. The van der Waals surface area contributed by atoms with Crippen molar-refractivity contribution in [3.8, 4) is 0 Å². The highest BCUT2D eigenvalue weighted by atomic mass is 16.6. The summed E-state index contributed by atoms with van der Waals surface area (Å²) in [4.78, 5) is 38.8. The van der Waals surface area contributed by atoms with Crippen LogP contribution in [0.2, 0.25) is 0 Å². The molecule has 0 aliphatic heterocycles. The molecule has 10 nitrogen and oxygen atoms in total. The Bertz CT molecular complexity index is 933. The summed E-state index contributed by atoms with van der Waals surface area (Å²) in [5, 5.41) is 17.6. The van der Waals surface area contributed by atoms with Gasteiger partial charge in [0, 0.05) is 0 Å². The fourth-order valence-corrected chi connectivity index (χ4v) is 2.89. The normalized spacial score (nSPS) is 12.4. The van der Waals surface area contributed by atoms with Gasteiger partial charge in [-0.25, -0.2) is 24.0 Å². The number of carboxylic acid groups (broad SMARTS) is 1. The van der Waals surface area contributed by atoms with Gasteiger partial charge < -0.3 is 14.6 Å². The van der Waals surface area contributed by atoms with Gasteiger partial charge in [0.1, 0.15) is 5.60 Å². The lowest BCUT2D eigenvalue weighted by Gasteiger charge is -2.29. The summed E-state index contributed by atoms with van der Waals surface area (Å²) in [5.74, 6) is -2.18. The molecule has 168 valence electrons. The average Bonchev–Trinajstić information content (AvgIpc) is 3.09. The SMILES string of the molecule is COC(=O)c1nnn([C@@H](CC(C)C)C(=O)O)c1N(C(=O)OC(C)(C)C)c1ccccc1. The Kier molecular flexibility index (Phi) is 7.37. The lowest BCUT2D eigenvalue weighted by atomic mass is 10.0. The van der Waals surface area contributed by atoms with Crippen molar-refractivity contribution in [3.63, 3.8) is 0 Å². The summed E-state index contributed by atoms with van der Waals surface area (Å²) < 4.78 is 11.4. The maximum absolute atomic E-state index is 13.2. The summed E-state index contributed by atoms with van der Waals surface area (Å²) in [6.45, 7) is 8.81. The third kappa shape index (κ3) is 5.80. The van der Waals surface area contributed by atoms with Crippen LogP contribution in [0.15, 0.2) is 30.3 Å². The Labute approximate surface area is 180 Å². The molecule has 1 N–H and O–H groups in total. The summed E-state index contributed by atoms with van der Waals surface area (Å²) >= 11 is 0. The van der Waals surface area contributed by atoms with Gasteiger partial charge in [-0.1, -0.05) is 37.3 Å². The number of ether oxygens (including phenoxy) is 2. The molecule has 0 saturated carbocycles. The van der Waals surface area contributed by atoms with Crippen LogP contribution in [-0.2, 0) is 14.3 Å². The molecule has 2 rings (SSSR count). The zero-order valence-electron chi connectivity index (χ0n) is 18.5. The molecule has 0 spiro atoms. The molecular weight excluding hydrogens is 404 g/mol. The molecule has 0 fully saturated rings. The number of esters is 1. The highest BCUT2D eigenvalue weighted by Gasteiger charge is 2.37. The number of aliphatic carboxylic acids is 1. The van der Waals surface area contributed by atoms with Crippen LogP contribution in [0.1, 0.15) is 57.6 Å². The topological polar surface area (TPSA) is 124 Å². The van der Waals surface area contributed by atoms with Gasteiger partial charge in [0.2, 0.25) is 5.69 Å². The predicted molar refractivity (Wildman–Crippen MR) is 112 cm³/mol. The molecule has 1 aromatic carbocycles. The van der Waals surface area contributed by atoms with Crippen LogP contribution < -0.4 is 4.90 Å². The van der Waals surface area contributed by atoms with Crippen molar-refractivity contribution in [2.75, 3.05) is 12.0 Å². The second-order valence-electron chi connectivity index (χ2n) is 8.33. The number of amides is 1. The molecule has 0 saturated heterocycles. The predicted octanol–water partition coefficient (Wildman–Crippen LogP) is 3.81. The Morgan fingerprint density at radius 2 is 1.77 bits per heavy atom. The second kappa shape index (κ2) is 9.59. The van der Waals surface area contributed by atoms with Crippen LogP contribution in [0.25, 0.3) is 0 Å². The molecule has 0 aliphatic rings. The maximum Gasteiger partial charge on any atom is 0.420 e. The van der Waals surface area contributed by atoms with E-state index in [0.29, 0.717) is 5.69 Å². The van der Waals surface area contributed by atoms with Crippen molar-refractivity contribution in [1.29, 1.82) is 0 Å². The molecule has 1 aromatic heterocycles. The molecule has 1 heterocycles. The molecule has 0 aliphatic carbocycles. The molecule has 0 radical (unpaired) electrons. The van der Waals surface area contributed by atoms with E-state index in [1.165, 1.54) is 0 Å². The lowest BCUT2D eigenvalue weighted by molar-refractivity contribution is -0.141. The number of rotatable bonds is 7. The monoisotopic (exact) mass is 432 g/mol. The summed E-state index contributed by atoms with van der Waals surface area (Å²) in [7, 11) is 1.16. The van der Waals surface area contributed by atoms with Gasteiger partial charge in [0.25, 0.3) is 0 Å². The zero-order valence-corrected chi connectivity index (χ0v) is 18.5. The van der Waals surface area contributed by atoms with E-state index in [1.54, 1.807) is 51.1 Å². The average molecular weight is 432 g/mol. The number of anilines is 2. The molecule has 0 unspecified atom stereocenters. The Morgan fingerprint density at radius 3 is 2.26 bits per heavy atom. The maximum atomic E-state index is 13.2. The van der Waals surface area contributed by atoms with Gasteiger partial charge in [-0.2, -0.15) is 0 Å². The molecular formula is C21H28N4O6. The van der Waals surface area contributed by atoms with E-state index in [-0.39, 0.29) is 23.9 Å². The van der Waals surface area contributed by atoms with E-state index in [4.69, 9.17) is 9.47 Å². The molecule has 10 heteroatoms. The van der Waals surface area contributed by atoms with E-state index >= 15 is 0 Å². The third-order valence-electron chi connectivity index (χ3n) is 4.13. The molecule has 1 amide bonds. The van der Waals surface area contributed by atoms with Crippen LogP contribution >= 0.6 is 0 Å². The lowest BCUT2D eigenvalue weighted by Crippen LogP contribution is -2.37. The number of methoxy groups -OCH3 is 1. The van der Waals surface area contributed by atoms with Gasteiger partial charge in [-0.15, -0.1) is 5.10 Å². The van der Waals surface area contributed by atoms with Crippen LogP contribution in [0, 0.1) is 5.92 Å². The number of nitrogens with zero attached hydrogens (tertiary/aromatic N) is 4. The Morgan fingerprint density at radius 1 is 1.16 bits per heavy atom. The molecule has 31 heavy (non-hydrogen) atoms. The van der Waals surface area contributed by atoms with Gasteiger partial charge in [-0.05, 0) is 45.2 Å². The van der Waals surface area contributed by atoms with E-state index < -0.39 is 29.7 Å². The van der Waals surface area contributed by atoms with Crippen LogP contribution in [0.5, 0.6) is 0 Å². The first-order valence-corrected chi connectivity index (χ1v) is 9.80. The highest BCUT2D eigenvalue weighted by Crippen LogP contribution is 2.33. The minimum atomic E-state index is -1.17. The van der Waals surface area contributed by atoms with E-state index in [2.05, 4.69) is 10.3 Å². The fraction of sp³-hybridized carbons (Fsp3) is 0.476. The minimum absolute atomic E-state index is 0.00794. The summed E-state index contributed by atoms with van der Waals surface area (Å²) in [6, 6.07) is 7.23. The number of aromatic nitrogens is 3. The van der Waals surface area contributed by atoms with Gasteiger partial charge in [0.15, 0.2) is 11.9 Å². The van der Waals surface area contributed by atoms with Crippen molar-refractivity contribution in [2.24, 2.45) is 5.92 Å². The highest BCUT2D eigenvalue weighted by molar-refractivity contribution is 6.02. The Hall–Kier alpha value is -3.43. The summed E-state index contributed by atoms with van der Waals surface area (Å²) in [5.41, 5.74) is -0.802. The molecule has 2 aromatic rings. The second-order valence-corrected chi connectivity index (χ2v) is 8.33. The zero-order chi connectivity index (χ0) is 23.3. The fourth-order valence-electron chi connectivity index (χ4n) is 2.89. The smallest absolute Gasteiger partial charge is 0.420 e. The quantitative estimate of drug-likeness (QED) is 0.655.